The molecule has 0 radical (unpaired) electrons. The maximum absolute atomic E-state index is 11.7. The van der Waals surface area contributed by atoms with Crippen molar-refractivity contribution in [2.24, 2.45) is 0 Å². The van der Waals surface area contributed by atoms with Gasteiger partial charge in [-0.15, -0.1) is 0 Å². The summed E-state index contributed by atoms with van der Waals surface area (Å²) in [6.07, 6.45) is 0.299. The monoisotopic (exact) mass is 330 g/mol. The van der Waals surface area contributed by atoms with E-state index in [0.29, 0.717) is 10.9 Å². The first-order valence-corrected chi connectivity index (χ1v) is 6.15. The number of carboxylic acid groups (broad SMARTS) is 1. The molecule has 1 aromatic rings. The van der Waals surface area contributed by atoms with Crippen molar-refractivity contribution in [2.45, 2.75) is 12.8 Å². The minimum absolute atomic E-state index is 0.0261. The Hall–Kier alpha value is -1.96. The molecule has 0 spiro atoms. The maximum atomic E-state index is 11.7. The van der Waals surface area contributed by atoms with Gasteiger partial charge in [-0.25, -0.2) is 0 Å². The number of aliphatic carboxylic acids is 1. The van der Waals surface area contributed by atoms with E-state index in [2.05, 4.69) is 21.2 Å². The van der Waals surface area contributed by atoms with Gasteiger partial charge in [-0.1, -0.05) is 0 Å². The number of carbonyl (C=O) groups excluding carboxylic acids is 1. The molecule has 0 heterocycles. The summed E-state index contributed by atoms with van der Waals surface area (Å²) >= 11 is 3.09. The van der Waals surface area contributed by atoms with Crippen molar-refractivity contribution in [3.8, 4) is 0 Å². The number of nitrogens with one attached hydrogen (secondary N) is 1. The molecule has 0 unspecified atom stereocenters. The van der Waals surface area contributed by atoms with Gasteiger partial charge in [0, 0.05) is 29.6 Å². The van der Waals surface area contributed by atoms with E-state index in [1.807, 2.05) is 0 Å². The van der Waals surface area contributed by atoms with Crippen LogP contribution in [-0.4, -0.2) is 28.5 Å². The Bertz CT molecular complexity index is 518. The van der Waals surface area contributed by atoms with E-state index in [0.717, 1.165) is 0 Å². The van der Waals surface area contributed by atoms with E-state index in [1.165, 1.54) is 18.2 Å². The van der Waals surface area contributed by atoms with E-state index in [9.17, 15) is 19.7 Å². The fourth-order valence-electron chi connectivity index (χ4n) is 1.34. The quantitative estimate of drug-likeness (QED) is 0.470. The van der Waals surface area contributed by atoms with Crippen LogP contribution in [0.4, 0.5) is 5.69 Å². The largest absolute Gasteiger partial charge is 0.481 e. The summed E-state index contributed by atoms with van der Waals surface area (Å²) < 4.78 is 0.317. The van der Waals surface area contributed by atoms with Gasteiger partial charge in [0.1, 0.15) is 0 Å². The van der Waals surface area contributed by atoms with Crippen molar-refractivity contribution in [3.05, 3.63) is 38.3 Å². The zero-order chi connectivity index (χ0) is 14.4. The van der Waals surface area contributed by atoms with Gasteiger partial charge in [0.15, 0.2) is 0 Å². The van der Waals surface area contributed by atoms with Crippen molar-refractivity contribution in [3.63, 3.8) is 0 Å². The number of non-ortho nitro benzene ring substituents is 1. The second-order valence-corrected chi connectivity index (χ2v) is 4.53. The third kappa shape index (κ3) is 4.66. The van der Waals surface area contributed by atoms with Gasteiger partial charge in [-0.05, 0) is 28.4 Å². The van der Waals surface area contributed by atoms with Gasteiger partial charge >= 0.3 is 5.97 Å². The first-order valence-electron chi connectivity index (χ1n) is 5.35. The van der Waals surface area contributed by atoms with Crippen LogP contribution in [0.25, 0.3) is 0 Å². The molecule has 8 heteroatoms. The summed E-state index contributed by atoms with van der Waals surface area (Å²) in [5, 5.41) is 21.5. The Morgan fingerprint density at radius 2 is 2.11 bits per heavy atom. The molecule has 7 nitrogen and oxygen atoms in total. The Morgan fingerprint density at radius 1 is 1.42 bits per heavy atom. The number of benzene rings is 1. The highest BCUT2D eigenvalue weighted by Crippen LogP contribution is 2.22. The Kier molecular flexibility index (Phi) is 5.43. The van der Waals surface area contributed by atoms with E-state index >= 15 is 0 Å². The molecule has 19 heavy (non-hydrogen) atoms. The minimum atomic E-state index is -0.925. The lowest BCUT2D eigenvalue weighted by Crippen LogP contribution is -2.25. The number of amides is 1. The van der Waals surface area contributed by atoms with Crippen LogP contribution in [0.1, 0.15) is 23.2 Å². The topological polar surface area (TPSA) is 110 Å². The molecule has 0 saturated heterocycles. The molecule has 0 fully saturated rings. The van der Waals surface area contributed by atoms with Gasteiger partial charge < -0.3 is 10.4 Å². The summed E-state index contributed by atoms with van der Waals surface area (Å²) in [6, 6.07) is 3.82. The predicted octanol–water partition coefficient (Wildman–Crippen LogP) is 1.95. The average Bonchev–Trinajstić information content (AvgIpc) is 2.33. The molecule has 102 valence electrons. The number of nitro benzene ring substituents is 1. The molecule has 0 aliphatic heterocycles. The summed E-state index contributed by atoms with van der Waals surface area (Å²) in [4.78, 5) is 32.0. The number of nitro groups is 1. The minimum Gasteiger partial charge on any atom is -0.481 e. The molecule has 1 rings (SSSR count). The first kappa shape index (κ1) is 15.1. The molecular weight excluding hydrogens is 320 g/mol. The molecule has 1 aromatic carbocycles. The van der Waals surface area contributed by atoms with Gasteiger partial charge in [0.25, 0.3) is 11.6 Å². The lowest BCUT2D eigenvalue weighted by Gasteiger charge is -2.06. The Morgan fingerprint density at radius 3 is 2.63 bits per heavy atom. The van der Waals surface area contributed by atoms with Gasteiger partial charge in [0.2, 0.25) is 0 Å². The maximum Gasteiger partial charge on any atom is 0.303 e. The highest BCUT2D eigenvalue weighted by molar-refractivity contribution is 9.10. The number of nitrogens with zero attached hydrogens (tertiary/aromatic N) is 1. The van der Waals surface area contributed by atoms with Crippen LogP contribution >= 0.6 is 15.9 Å². The van der Waals surface area contributed by atoms with E-state index < -0.39 is 16.8 Å². The summed E-state index contributed by atoms with van der Waals surface area (Å²) in [7, 11) is 0. The first-order chi connectivity index (χ1) is 8.91. The standard InChI is InChI=1S/C11H11BrN2O5/c12-9-6-7(14(18)19)3-4-8(9)11(17)13-5-1-2-10(15)16/h3-4,6H,1-2,5H2,(H,13,17)(H,15,16). The molecule has 2 N–H and O–H groups in total. The summed E-state index contributed by atoms with van der Waals surface area (Å²) in [6.45, 7) is 0.231. The van der Waals surface area contributed by atoms with Gasteiger partial charge in [-0.2, -0.15) is 0 Å². The summed E-state index contributed by atoms with van der Waals surface area (Å²) in [5.41, 5.74) is 0.148. The molecule has 0 aromatic heterocycles. The fraction of sp³-hybridized carbons (Fsp3) is 0.273. The van der Waals surface area contributed by atoms with E-state index in [4.69, 9.17) is 5.11 Å². The normalized spacial score (nSPS) is 9.95. The number of hydrogen-bond acceptors (Lipinski definition) is 4. The van der Waals surface area contributed by atoms with Crippen LogP contribution in [-0.2, 0) is 4.79 Å². The lowest BCUT2D eigenvalue weighted by atomic mass is 10.2. The van der Waals surface area contributed by atoms with Gasteiger partial charge in [-0.3, -0.25) is 19.7 Å². The molecule has 0 aliphatic carbocycles. The Balaban J connectivity index is 2.62. The molecule has 0 atom stereocenters. The number of carbonyl (C=O) groups is 2. The van der Waals surface area contributed by atoms with Crippen LogP contribution in [0.2, 0.25) is 0 Å². The van der Waals surface area contributed by atoms with Crippen molar-refractivity contribution in [1.29, 1.82) is 0 Å². The third-order valence-electron chi connectivity index (χ3n) is 2.26. The molecule has 0 saturated carbocycles. The Labute approximate surface area is 116 Å². The third-order valence-corrected chi connectivity index (χ3v) is 2.92. The van der Waals surface area contributed by atoms with Crippen LogP contribution in [0.15, 0.2) is 22.7 Å². The van der Waals surface area contributed by atoms with Crippen molar-refractivity contribution in [2.75, 3.05) is 6.54 Å². The fourth-order valence-corrected chi connectivity index (χ4v) is 1.89. The van der Waals surface area contributed by atoms with Gasteiger partial charge in [0.05, 0.1) is 10.5 Å². The van der Waals surface area contributed by atoms with E-state index in [1.54, 1.807) is 0 Å². The van der Waals surface area contributed by atoms with Crippen LogP contribution < -0.4 is 5.32 Å². The number of carboxylic acids is 1. The SMILES string of the molecule is O=C(O)CCCNC(=O)c1ccc([N+](=O)[O-])cc1Br. The lowest BCUT2D eigenvalue weighted by molar-refractivity contribution is -0.384. The van der Waals surface area contributed by atoms with Crippen molar-refractivity contribution >= 4 is 33.5 Å². The van der Waals surface area contributed by atoms with Crippen molar-refractivity contribution in [1.82, 2.24) is 5.32 Å². The predicted molar refractivity (Wildman–Crippen MR) is 70.0 cm³/mol. The zero-order valence-electron chi connectivity index (χ0n) is 9.76. The molecular formula is C11H11BrN2O5. The number of hydrogen-bond donors (Lipinski definition) is 2. The average molecular weight is 331 g/mol. The van der Waals surface area contributed by atoms with Crippen molar-refractivity contribution < 1.29 is 19.6 Å². The molecule has 1 amide bonds. The van der Waals surface area contributed by atoms with E-state index in [-0.39, 0.29) is 24.2 Å². The summed E-state index contributed by atoms with van der Waals surface area (Å²) in [5.74, 6) is -1.34. The molecule has 0 bridgehead atoms. The zero-order valence-corrected chi connectivity index (χ0v) is 11.3. The highest BCUT2D eigenvalue weighted by Gasteiger charge is 2.14. The smallest absolute Gasteiger partial charge is 0.303 e. The van der Waals surface area contributed by atoms with Crippen LogP contribution in [0.5, 0.6) is 0 Å². The van der Waals surface area contributed by atoms with Crippen LogP contribution in [0, 0.1) is 10.1 Å². The second-order valence-electron chi connectivity index (χ2n) is 3.67. The number of halogens is 1. The second kappa shape index (κ2) is 6.83. The van der Waals surface area contributed by atoms with Crippen LogP contribution in [0.3, 0.4) is 0 Å². The number of rotatable bonds is 6. The molecule has 0 aliphatic rings. The highest BCUT2D eigenvalue weighted by atomic mass is 79.9.